The van der Waals surface area contributed by atoms with Crippen molar-refractivity contribution in [3.05, 3.63) is 38.7 Å². The number of methoxy groups -OCH3 is 1. The Hall–Kier alpha value is -2.65. The lowest BCUT2D eigenvalue weighted by atomic mass is 10.1. The van der Waals surface area contributed by atoms with Gasteiger partial charge in [-0.1, -0.05) is 11.6 Å². The molecule has 0 aliphatic carbocycles. The highest BCUT2D eigenvalue weighted by Crippen LogP contribution is 2.26. The van der Waals surface area contributed by atoms with Gasteiger partial charge in [-0.25, -0.2) is 4.79 Å². The number of nitrogens with zero attached hydrogens (tertiary/aromatic N) is 5. The maximum absolute atomic E-state index is 12.9. The highest BCUT2D eigenvalue weighted by atomic mass is 35.5. The van der Waals surface area contributed by atoms with Crippen molar-refractivity contribution in [2.45, 2.75) is 26.9 Å². The fourth-order valence-corrected chi connectivity index (χ4v) is 3.32. The minimum atomic E-state index is -0.298. The van der Waals surface area contributed by atoms with Gasteiger partial charge in [-0.15, -0.1) is 0 Å². The van der Waals surface area contributed by atoms with Gasteiger partial charge in [0, 0.05) is 30.4 Å². The summed E-state index contributed by atoms with van der Waals surface area (Å²) in [6, 6.07) is 0. The Morgan fingerprint density at radius 3 is 2.65 bits per heavy atom. The van der Waals surface area contributed by atoms with Crippen LogP contribution in [0.2, 0.25) is 5.15 Å². The van der Waals surface area contributed by atoms with E-state index in [1.54, 1.807) is 13.3 Å². The number of anilines is 1. The van der Waals surface area contributed by atoms with Crippen LogP contribution in [0, 0.1) is 13.8 Å². The van der Waals surface area contributed by atoms with Crippen molar-refractivity contribution < 1.29 is 4.74 Å². The summed E-state index contributed by atoms with van der Waals surface area (Å²) in [5, 5.41) is 0.114. The van der Waals surface area contributed by atoms with Crippen LogP contribution in [0.5, 0.6) is 5.75 Å². The average molecular weight is 378 g/mol. The van der Waals surface area contributed by atoms with Gasteiger partial charge in [0.05, 0.1) is 19.3 Å². The van der Waals surface area contributed by atoms with Crippen molar-refractivity contribution in [1.82, 2.24) is 24.1 Å². The van der Waals surface area contributed by atoms with Crippen LogP contribution in [0.25, 0.3) is 11.2 Å². The number of fused-ring (bicyclic) bond motifs is 1. The van der Waals surface area contributed by atoms with E-state index >= 15 is 0 Å². The Labute approximate surface area is 154 Å². The smallest absolute Gasteiger partial charge is 0.330 e. The first-order valence-electron chi connectivity index (χ1n) is 8.00. The molecule has 0 saturated heterocycles. The number of halogens is 1. The van der Waals surface area contributed by atoms with Gasteiger partial charge in [-0.05, 0) is 13.8 Å². The van der Waals surface area contributed by atoms with E-state index in [4.69, 9.17) is 27.8 Å². The van der Waals surface area contributed by atoms with Gasteiger partial charge in [0.25, 0.3) is 0 Å². The topological polar surface area (TPSA) is 127 Å². The molecule has 26 heavy (non-hydrogen) atoms. The molecule has 138 valence electrons. The molecule has 3 aromatic heterocycles. The first-order chi connectivity index (χ1) is 12.4. The van der Waals surface area contributed by atoms with E-state index in [0.29, 0.717) is 23.4 Å². The van der Waals surface area contributed by atoms with Gasteiger partial charge in [-0.2, -0.15) is 9.97 Å². The van der Waals surface area contributed by atoms with Crippen molar-refractivity contribution in [2.75, 3.05) is 19.4 Å². The lowest BCUT2D eigenvalue weighted by molar-refractivity contribution is 0.406. The number of rotatable bonds is 5. The van der Waals surface area contributed by atoms with Gasteiger partial charge >= 0.3 is 5.69 Å². The molecular weight excluding hydrogens is 358 g/mol. The number of aromatic nitrogens is 5. The summed E-state index contributed by atoms with van der Waals surface area (Å²) >= 11 is 6.21. The van der Waals surface area contributed by atoms with Crippen LogP contribution in [-0.2, 0) is 13.1 Å². The van der Waals surface area contributed by atoms with Crippen molar-refractivity contribution in [2.24, 2.45) is 5.73 Å². The predicted octanol–water partition coefficient (Wildman–Crippen LogP) is 0.856. The maximum atomic E-state index is 12.9. The fourth-order valence-electron chi connectivity index (χ4n) is 3.04. The van der Waals surface area contributed by atoms with Crippen molar-refractivity contribution in [1.29, 1.82) is 0 Å². The lowest BCUT2D eigenvalue weighted by Gasteiger charge is -2.12. The van der Waals surface area contributed by atoms with Crippen LogP contribution in [0.3, 0.4) is 0 Å². The van der Waals surface area contributed by atoms with E-state index in [0.717, 1.165) is 16.9 Å². The van der Waals surface area contributed by atoms with Crippen LogP contribution in [0.4, 0.5) is 5.95 Å². The van der Waals surface area contributed by atoms with Gasteiger partial charge in [0.2, 0.25) is 5.95 Å². The molecule has 0 saturated carbocycles. The molecule has 0 unspecified atom stereocenters. The Balaban J connectivity index is 2.23. The Morgan fingerprint density at radius 1 is 1.27 bits per heavy atom. The van der Waals surface area contributed by atoms with E-state index in [2.05, 4.69) is 15.0 Å². The molecule has 0 bridgehead atoms. The maximum Gasteiger partial charge on any atom is 0.330 e. The van der Waals surface area contributed by atoms with Gasteiger partial charge in [0.1, 0.15) is 11.3 Å². The van der Waals surface area contributed by atoms with Gasteiger partial charge in [0.15, 0.2) is 10.8 Å². The molecule has 3 aromatic rings. The highest BCUT2D eigenvalue weighted by molar-refractivity contribution is 6.33. The Morgan fingerprint density at radius 2 is 2.00 bits per heavy atom. The monoisotopic (exact) mass is 377 g/mol. The normalized spacial score (nSPS) is 11.3. The molecule has 3 rings (SSSR count). The Kier molecular flexibility index (Phi) is 4.84. The number of imidazole rings is 1. The summed E-state index contributed by atoms with van der Waals surface area (Å²) in [5.41, 5.74) is 14.3. The van der Waals surface area contributed by atoms with E-state index in [-0.39, 0.29) is 29.9 Å². The third kappa shape index (κ3) is 2.89. The van der Waals surface area contributed by atoms with Crippen LogP contribution < -0.4 is 21.9 Å². The van der Waals surface area contributed by atoms with E-state index in [1.165, 1.54) is 9.13 Å². The van der Waals surface area contributed by atoms with Crippen molar-refractivity contribution in [3.8, 4) is 5.75 Å². The third-order valence-electron chi connectivity index (χ3n) is 4.24. The Bertz CT molecular complexity index is 1040. The summed E-state index contributed by atoms with van der Waals surface area (Å²) < 4.78 is 8.37. The molecular formula is C16H20ClN7O2. The molecule has 4 N–H and O–H groups in total. The molecule has 0 spiro atoms. The molecule has 0 atom stereocenters. The molecule has 0 aliphatic rings. The number of nitrogen functional groups attached to an aromatic ring is 1. The molecule has 0 aromatic carbocycles. The lowest BCUT2D eigenvalue weighted by Crippen LogP contribution is -2.27. The van der Waals surface area contributed by atoms with E-state index < -0.39 is 0 Å². The summed E-state index contributed by atoms with van der Waals surface area (Å²) in [6.45, 7) is 4.57. The van der Waals surface area contributed by atoms with Crippen LogP contribution in [-0.4, -0.2) is 37.7 Å². The first-order valence-corrected chi connectivity index (χ1v) is 8.38. The van der Waals surface area contributed by atoms with Gasteiger partial charge in [-0.3, -0.25) is 14.1 Å². The summed E-state index contributed by atoms with van der Waals surface area (Å²) in [7, 11) is 1.60. The highest BCUT2D eigenvalue weighted by Gasteiger charge is 2.20. The number of hydrogen-bond acceptors (Lipinski definition) is 7. The SMILES string of the molecule is COc1c(C)cnc(Cn2c(=O)n(CCN)c3c(Cl)nc(N)nc32)c1C. The van der Waals surface area contributed by atoms with Crippen LogP contribution in [0.1, 0.15) is 16.8 Å². The third-order valence-corrected chi connectivity index (χ3v) is 4.50. The molecule has 0 radical (unpaired) electrons. The number of ether oxygens (including phenoxy) is 1. The number of aryl methyl sites for hydroxylation is 1. The zero-order valence-electron chi connectivity index (χ0n) is 14.8. The zero-order valence-corrected chi connectivity index (χ0v) is 15.5. The predicted molar refractivity (Wildman–Crippen MR) is 99.6 cm³/mol. The molecule has 0 amide bonds. The summed E-state index contributed by atoms with van der Waals surface area (Å²) in [5.74, 6) is 0.730. The summed E-state index contributed by atoms with van der Waals surface area (Å²) in [6.07, 6.45) is 1.71. The first kappa shape index (κ1) is 18.2. The zero-order chi connectivity index (χ0) is 19.0. The average Bonchev–Trinajstić information content (AvgIpc) is 2.84. The second kappa shape index (κ2) is 6.93. The number of nitrogens with two attached hydrogens (primary N) is 2. The standard InChI is InChI=1S/C16H20ClN7O2/c1-8-6-20-10(9(2)12(8)26-3)7-24-14-11(13(17)21-15(19)22-14)23(5-4-18)16(24)25/h6H,4-5,7,18H2,1-3H3,(H2,19,21,22). The van der Waals surface area contributed by atoms with Crippen LogP contribution >= 0.6 is 11.6 Å². The minimum Gasteiger partial charge on any atom is -0.496 e. The molecule has 9 nitrogen and oxygen atoms in total. The second-order valence-corrected chi connectivity index (χ2v) is 6.26. The van der Waals surface area contributed by atoms with E-state index in [9.17, 15) is 4.79 Å². The molecule has 0 fully saturated rings. The number of hydrogen-bond donors (Lipinski definition) is 2. The summed E-state index contributed by atoms with van der Waals surface area (Å²) in [4.78, 5) is 25.5. The van der Waals surface area contributed by atoms with Crippen molar-refractivity contribution in [3.63, 3.8) is 0 Å². The van der Waals surface area contributed by atoms with Crippen molar-refractivity contribution >= 4 is 28.7 Å². The minimum absolute atomic E-state index is 0.00711. The van der Waals surface area contributed by atoms with Crippen LogP contribution in [0.15, 0.2) is 11.0 Å². The number of pyridine rings is 1. The largest absolute Gasteiger partial charge is 0.496 e. The molecule has 3 heterocycles. The quantitative estimate of drug-likeness (QED) is 0.631. The fraction of sp³-hybridized carbons (Fsp3) is 0.375. The second-order valence-electron chi connectivity index (χ2n) is 5.90. The molecule has 0 aliphatic heterocycles. The molecule has 10 heteroatoms. The van der Waals surface area contributed by atoms with E-state index in [1.807, 2.05) is 13.8 Å². The van der Waals surface area contributed by atoms with Gasteiger partial charge < -0.3 is 16.2 Å².